The number of nitrogens with two attached hydrogens (primary N) is 1. The summed E-state index contributed by atoms with van der Waals surface area (Å²) >= 11 is 0. The molecule has 2 fully saturated rings. The molecule has 1 aromatic heterocycles. The summed E-state index contributed by atoms with van der Waals surface area (Å²) in [7, 11) is 0. The summed E-state index contributed by atoms with van der Waals surface area (Å²) in [5, 5.41) is 10.1. The zero-order valence-electron chi connectivity index (χ0n) is 18.8. The molecule has 4 rings (SSSR count). The van der Waals surface area contributed by atoms with Gasteiger partial charge in [0, 0.05) is 30.8 Å². The molecule has 0 spiro atoms. The summed E-state index contributed by atoms with van der Waals surface area (Å²) in [5.74, 6) is 0.664. The number of likely N-dealkylation sites (tertiary alicyclic amines) is 1. The van der Waals surface area contributed by atoms with Crippen LogP contribution in [0.15, 0.2) is 36.5 Å². The zero-order chi connectivity index (χ0) is 22.0. The van der Waals surface area contributed by atoms with Crippen LogP contribution in [0.25, 0.3) is 11.1 Å². The number of hydrogen-bond acceptors (Lipinski definition) is 5. The van der Waals surface area contributed by atoms with Crippen molar-refractivity contribution in [2.75, 3.05) is 12.3 Å². The summed E-state index contributed by atoms with van der Waals surface area (Å²) in [6.45, 7) is 6.34. The molecule has 1 aromatic carbocycles. The van der Waals surface area contributed by atoms with E-state index < -0.39 is 5.60 Å². The van der Waals surface area contributed by atoms with Gasteiger partial charge in [-0.3, -0.25) is 9.69 Å². The maximum atomic E-state index is 13.0. The number of nitrogen functional groups attached to an aromatic ring is 1. The lowest BCUT2D eigenvalue weighted by molar-refractivity contribution is 0.00722. The van der Waals surface area contributed by atoms with Crippen LogP contribution in [0.5, 0.6) is 0 Å². The average Bonchev–Trinajstić information content (AvgIpc) is 3.15. The van der Waals surface area contributed by atoms with Crippen molar-refractivity contribution >= 4 is 11.6 Å². The number of anilines is 1. The van der Waals surface area contributed by atoms with Gasteiger partial charge < -0.3 is 10.8 Å². The topological polar surface area (TPSA) is 79.5 Å². The molecule has 166 valence electrons. The second-order valence-corrected chi connectivity index (χ2v) is 9.88. The first kappa shape index (κ1) is 22.0. The second-order valence-electron chi connectivity index (χ2n) is 9.88. The van der Waals surface area contributed by atoms with Crippen molar-refractivity contribution in [3.63, 3.8) is 0 Å². The van der Waals surface area contributed by atoms with Gasteiger partial charge >= 0.3 is 0 Å². The molecule has 0 unspecified atom stereocenters. The van der Waals surface area contributed by atoms with Gasteiger partial charge in [-0.2, -0.15) is 0 Å². The molecule has 1 aliphatic carbocycles. The first-order valence-corrected chi connectivity index (χ1v) is 11.7. The summed E-state index contributed by atoms with van der Waals surface area (Å²) in [6, 6.07) is 11.1. The first-order valence-electron chi connectivity index (χ1n) is 11.7. The monoisotopic (exact) mass is 421 g/mol. The number of pyridine rings is 1. The number of carbonyl (C=O) groups is 1. The molecule has 5 nitrogen and oxygen atoms in total. The van der Waals surface area contributed by atoms with Crippen LogP contribution < -0.4 is 5.73 Å². The predicted molar refractivity (Wildman–Crippen MR) is 125 cm³/mol. The molecular formula is C26H35N3O2. The Hall–Kier alpha value is -2.24. The molecule has 1 aliphatic heterocycles. The Labute approximate surface area is 185 Å². The van der Waals surface area contributed by atoms with E-state index in [9.17, 15) is 9.90 Å². The molecule has 2 aromatic rings. The van der Waals surface area contributed by atoms with E-state index in [2.05, 4.69) is 41.1 Å². The standard InChI is InChI=1S/C26H35N3O2/c1-18-4-3-13-29(18)17-20-5-7-21(8-6-20)22-15-23(25(27)28-16-22)24(30)14-19-9-11-26(2,31)12-10-19/h5-8,15-16,18-19,31H,3-4,9-14,17H2,1-2H3,(H2,27,28)/t18-,19?,26?/m1/s1. The van der Waals surface area contributed by atoms with Crippen molar-refractivity contribution in [1.82, 2.24) is 9.88 Å². The molecule has 1 atom stereocenters. The summed E-state index contributed by atoms with van der Waals surface area (Å²) < 4.78 is 0. The van der Waals surface area contributed by atoms with Crippen molar-refractivity contribution in [2.45, 2.75) is 77.0 Å². The van der Waals surface area contributed by atoms with E-state index >= 15 is 0 Å². The Kier molecular flexibility index (Phi) is 6.44. The van der Waals surface area contributed by atoms with Gasteiger partial charge in [-0.15, -0.1) is 0 Å². The van der Waals surface area contributed by atoms with Gasteiger partial charge in [0.2, 0.25) is 0 Å². The Balaban J connectivity index is 1.44. The molecule has 1 saturated carbocycles. The third-order valence-corrected chi connectivity index (χ3v) is 7.24. The van der Waals surface area contributed by atoms with Crippen LogP contribution in [0.3, 0.4) is 0 Å². The normalized spacial score (nSPS) is 26.8. The molecular weight excluding hydrogens is 386 g/mol. The average molecular weight is 422 g/mol. The molecule has 31 heavy (non-hydrogen) atoms. The molecule has 0 radical (unpaired) electrons. The lowest BCUT2D eigenvalue weighted by Gasteiger charge is -2.32. The highest BCUT2D eigenvalue weighted by Crippen LogP contribution is 2.34. The minimum absolute atomic E-state index is 0.0537. The number of nitrogens with zero attached hydrogens (tertiary/aromatic N) is 2. The van der Waals surface area contributed by atoms with Crippen LogP contribution in [-0.2, 0) is 6.54 Å². The Morgan fingerprint density at radius 2 is 1.90 bits per heavy atom. The van der Waals surface area contributed by atoms with Crippen LogP contribution >= 0.6 is 0 Å². The third-order valence-electron chi connectivity index (χ3n) is 7.24. The number of rotatable bonds is 6. The molecule has 2 aliphatic rings. The highest BCUT2D eigenvalue weighted by molar-refractivity contribution is 6.01. The summed E-state index contributed by atoms with van der Waals surface area (Å²) in [4.78, 5) is 19.8. The largest absolute Gasteiger partial charge is 0.390 e. The number of ketones is 1. The van der Waals surface area contributed by atoms with Crippen molar-refractivity contribution < 1.29 is 9.90 Å². The predicted octanol–water partition coefficient (Wildman–Crippen LogP) is 4.83. The van der Waals surface area contributed by atoms with E-state index in [-0.39, 0.29) is 5.78 Å². The Bertz CT molecular complexity index is 913. The number of aromatic nitrogens is 1. The molecule has 2 heterocycles. The molecule has 5 heteroatoms. The number of hydrogen-bond donors (Lipinski definition) is 2. The minimum atomic E-state index is -0.584. The fourth-order valence-electron chi connectivity index (χ4n) is 5.00. The van der Waals surface area contributed by atoms with E-state index in [1.807, 2.05) is 13.0 Å². The quantitative estimate of drug-likeness (QED) is 0.653. The fraction of sp³-hybridized carbons (Fsp3) is 0.538. The lowest BCUT2D eigenvalue weighted by Crippen LogP contribution is -2.31. The molecule has 1 saturated heterocycles. The Morgan fingerprint density at radius 1 is 1.19 bits per heavy atom. The van der Waals surface area contributed by atoms with Gasteiger partial charge in [0.25, 0.3) is 0 Å². The van der Waals surface area contributed by atoms with Crippen LogP contribution in [0.4, 0.5) is 5.82 Å². The highest BCUT2D eigenvalue weighted by atomic mass is 16.3. The van der Waals surface area contributed by atoms with Crippen LogP contribution in [0.2, 0.25) is 0 Å². The van der Waals surface area contributed by atoms with Gasteiger partial charge in [-0.05, 0) is 82.0 Å². The van der Waals surface area contributed by atoms with E-state index in [4.69, 9.17) is 5.73 Å². The second kappa shape index (κ2) is 9.09. The van der Waals surface area contributed by atoms with Crippen LogP contribution in [0, 0.1) is 5.92 Å². The number of benzene rings is 1. The minimum Gasteiger partial charge on any atom is -0.390 e. The highest BCUT2D eigenvalue weighted by Gasteiger charge is 2.30. The van der Waals surface area contributed by atoms with E-state index in [1.54, 1.807) is 6.20 Å². The Morgan fingerprint density at radius 3 is 2.55 bits per heavy atom. The van der Waals surface area contributed by atoms with E-state index in [0.717, 1.165) is 43.4 Å². The first-order chi connectivity index (χ1) is 14.8. The third kappa shape index (κ3) is 5.34. The summed E-state index contributed by atoms with van der Waals surface area (Å²) in [6.07, 6.45) is 8.05. The van der Waals surface area contributed by atoms with Gasteiger partial charge in [-0.25, -0.2) is 4.98 Å². The van der Waals surface area contributed by atoms with Gasteiger partial charge in [0.15, 0.2) is 5.78 Å². The number of aliphatic hydroxyl groups is 1. The molecule has 0 amide bonds. The van der Waals surface area contributed by atoms with Crippen molar-refractivity contribution in [1.29, 1.82) is 0 Å². The lowest BCUT2D eigenvalue weighted by atomic mass is 9.77. The maximum absolute atomic E-state index is 13.0. The molecule has 0 bridgehead atoms. The van der Waals surface area contributed by atoms with Gasteiger partial charge in [0.1, 0.15) is 5.82 Å². The van der Waals surface area contributed by atoms with Crippen molar-refractivity contribution in [3.8, 4) is 11.1 Å². The smallest absolute Gasteiger partial charge is 0.166 e. The van der Waals surface area contributed by atoms with Gasteiger partial charge in [0.05, 0.1) is 11.2 Å². The zero-order valence-corrected chi connectivity index (χ0v) is 18.8. The van der Waals surface area contributed by atoms with Crippen LogP contribution in [0.1, 0.15) is 74.7 Å². The molecule has 3 N–H and O–H groups in total. The van der Waals surface area contributed by atoms with E-state index in [1.165, 1.54) is 24.9 Å². The van der Waals surface area contributed by atoms with Crippen molar-refractivity contribution in [3.05, 3.63) is 47.7 Å². The SMILES string of the molecule is C[C@@H]1CCCN1Cc1ccc(-c2cnc(N)c(C(=O)CC3CCC(C)(O)CC3)c2)cc1. The fourth-order valence-corrected chi connectivity index (χ4v) is 5.00. The van der Waals surface area contributed by atoms with Crippen molar-refractivity contribution in [2.24, 2.45) is 5.92 Å². The number of carbonyl (C=O) groups excluding carboxylic acids is 1. The van der Waals surface area contributed by atoms with Gasteiger partial charge in [-0.1, -0.05) is 24.3 Å². The van der Waals surface area contributed by atoms with Crippen LogP contribution in [-0.4, -0.2) is 39.0 Å². The van der Waals surface area contributed by atoms with E-state index in [0.29, 0.717) is 29.8 Å². The maximum Gasteiger partial charge on any atom is 0.166 e. The number of Topliss-reactive ketones (excluding diaryl/α,β-unsaturated/α-hetero) is 1. The summed E-state index contributed by atoms with van der Waals surface area (Å²) in [5.41, 5.74) is 9.28.